The molecule has 0 spiro atoms. The Hall–Kier alpha value is -0.500. The molecule has 0 fully saturated rings. The molecule has 1 rings (SSSR count). The minimum absolute atomic E-state index is 0.307. The van der Waals surface area contributed by atoms with Crippen LogP contribution >= 0.6 is 15.9 Å². The molecule has 0 bridgehead atoms. The quantitative estimate of drug-likeness (QED) is 0.705. The summed E-state index contributed by atoms with van der Waals surface area (Å²) in [4.78, 5) is 0. The predicted octanol–water partition coefficient (Wildman–Crippen LogP) is 3.49. The van der Waals surface area contributed by atoms with Crippen LogP contribution in [0.5, 0.6) is 5.75 Å². The van der Waals surface area contributed by atoms with Crippen LogP contribution in [0.15, 0.2) is 22.7 Å². The summed E-state index contributed by atoms with van der Waals surface area (Å²) >= 11 is 3.25. The molecule has 0 saturated carbocycles. The molecular formula is C9H13BrO. The normalized spacial score (nSPS) is 8.36. The number of benzene rings is 1. The molecule has 11 heavy (non-hydrogen) atoms. The average Bonchev–Trinajstić information content (AvgIpc) is 1.88. The van der Waals surface area contributed by atoms with Crippen LogP contribution in [0.4, 0.5) is 0 Å². The van der Waals surface area contributed by atoms with E-state index in [1.165, 1.54) is 0 Å². The van der Waals surface area contributed by atoms with Gasteiger partial charge in [-0.15, -0.1) is 0 Å². The molecule has 1 nitrogen and oxygen atoms in total. The van der Waals surface area contributed by atoms with Crippen molar-refractivity contribution in [3.8, 4) is 5.75 Å². The standard InChI is InChI=1S/C7H7BrO.C2H6/c1-5-2-6(8)4-7(9)3-5;1-2/h2-4,9H,1H3;1-2H3. The SMILES string of the molecule is CC.Cc1cc(O)cc(Br)c1. The van der Waals surface area contributed by atoms with E-state index in [0.717, 1.165) is 10.0 Å². The highest BCUT2D eigenvalue weighted by molar-refractivity contribution is 9.10. The summed E-state index contributed by atoms with van der Waals surface area (Å²) in [6.45, 7) is 5.94. The number of aromatic hydroxyl groups is 1. The first-order chi connectivity index (χ1) is 5.18. The summed E-state index contributed by atoms with van der Waals surface area (Å²) in [5, 5.41) is 8.96. The first-order valence-electron chi connectivity index (χ1n) is 3.64. The van der Waals surface area contributed by atoms with Crippen molar-refractivity contribution in [2.45, 2.75) is 20.8 Å². The van der Waals surface area contributed by atoms with Crippen LogP contribution in [0.2, 0.25) is 0 Å². The lowest BCUT2D eigenvalue weighted by Gasteiger charge is -1.94. The Morgan fingerprint density at radius 2 is 1.73 bits per heavy atom. The van der Waals surface area contributed by atoms with Crippen LogP contribution in [-0.4, -0.2) is 5.11 Å². The Morgan fingerprint density at radius 1 is 1.18 bits per heavy atom. The molecule has 1 aromatic rings. The molecule has 0 aliphatic carbocycles. The number of rotatable bonds is 0. The van der Waals surface area contributed by atoms with Gasteiger partial charge >= 0.3 is 0 Å². The zero-order valence-electron chi connectivity index (χ0n) is 7.06. The third-order valence-corrected chi connectivity index (χ3v) is 1.48. The van der Waals surface area contributed by atoms with Gasteiger partial charge in [-0.05, 0) is 30.7 Å². The van der Waals surface area contributed by atoms with Gasteiger partial charge in [-0.1, -0.05) is 29.8 Å². The van der Waals surface area contributed by atoms with Gasteiger partial charge in [0.15, 0.2) is 0 Å². The van der Waals surface area contributed by atoms with Gasteiger partial charge in [0.2, 0.25) is 0 Å². The third-order valence-electron chi connectivity index (χ3n) is 1.03. The second-order valence-corrected chi connectivity index (χ2v) is 2.90. The molecule has 1 aromatic carbocycles. The minimum Gasteiger partial charge on any atom is -0.508 e. The highest BCUT2D eigenvalue weighted by atomic mass is 79.9. The second-order valence-electron chi connectivity index (χ2n) is 1.99. The summed E-state index contributed by atoms with van der Waals surface area (Å²) < 4.78 is 0.917. The second kappa shape index (κ2) is 5.19. The van der Waals surface area contributed by atoms with Gasteiger partial charge in [0, 0.05) is 4.47 Å². The molecule has 0 radical (unpaired) electrons. The molecule has 0 atom stereocenters. The molecule has 0 aliphatic heterocycles. The number of phenols is 1. The van der Waals surface area contributed by atoms with E-state index < -0.39 is 0 Å². The number of hydrogen-bond donors (Lipinski definition) is 1. The van der Waals surface area contributed by atoms with Crippen molar-refractivity contribution in [1.82, 2.24) is 0 Å². The maximum Gasteiger partial charge on any atom is 0.116 e. The summed E-state index contributed by atoms with van der Waals surface area (Å²) in [5.74, 6) is 0.307. The summed E-state index contributed by atoms with van der Waals surface area (Å²) in [6.07, 6.45) is 0. The molecule has 0 aliphatic rings. The summed E-state index contributed by atoms with van der Waals surface area (Å²) in [7, 11) is 0. The predicted molar refractivity (Wildman–Crippen MR) is 51.9 cm³/mol. The van der Waals surface area contributed by atoms with Gasteiger partial charge in [-0.2, -0.15) is 0 Å². The molecule has 62 valence electrons. The molecule has 2 heteroatoms. The van der Waals surface area contributed by atoms with Crippen molar-refractivity contribution in [1.29, 1.82) is 0 Å². The average molecular weight is 217 g/mol. The van der Waals surface area contributed by atoms with Crippen LogP contribution in [0.1, 0.15) is 19.4 Å². The third kappa shape index (κ3) is 4.04. The van der Waals surface area contributed by atoms with Gasteiger partial charge in [0.1, 0.15) is 5.75 Å². The number of hydrogen-bond acceptors (Lipinski definition) is 1. The number of halogens is 1. The molecule has 0 heterocycles. The molecule has 0 saturated heterocycles. The minimum atomic E-state index is 0.307. The summed E-state index contributed by atoms with van der Waals surface area (Å²) in [6, 6.07) is 5.32. The van der Waals surface area contributed by atoms with Gasteiger partial charge in [-0.25, -0.2) is 0 Å². The maximum atomic E-state index is 8.96. The Balaban J connectivity index is 0.000000461. The first kappa shape index (κ1) is 10.5. The van der Waals surface area contributed by atoms with E-state index in [-0.39, 0.29) is 0 Å². The Morgan fingerprint density at radius 3 is 2.09 bits per heavy atom. The molecule has 0 unspecified atom stereocenters. The Bertz CT molecular complexity index is 170. The Labute approximate surface area is 76.2 Å². The van der Waals surface area contributed by atoms with E-state index in [0.29, 0.717) is 5.75 Å². The van der Waals surface area contributed by atoms with E-state index in [1.807, 2.05) is 26.8 Å². The number of phenolic OH excluding ortho intramolecular Hbond substituents is 1. The fraction of sp³-hybridized carbons (Fsp3) is 0.333. The monoisotopic (exact) mass is 216 g/mol. The summed E-state index contributed by atoms with van der Waals surface area (Å²) in [5.41, 5.74) is 1.06. The highest BCUT2D eigenvalue weighted by Crippen LogP contribution is 2.18. The van der Waals surface area contributed by atoms with Crippen molar-refractivity contribution < 1.29 is 5.11 Å². The lowest BCUT2D eigenvalue weighted by Crippen LogP contribution is -1.70. The van der Waals surface area contributed by atoms with E-state index in [4.69, 9.17) is 5.11 Å². The number of aryl methyl sites for hydroxylation is 1. The first-order valence-corrected chi connectivity index (χ1v) is 4.44. The topological polar surface area (TPSA) is 20.2 Å². The lowest BCUT2D eigenvalue weighted by molar-refractivity contribution is 0.474. The van der Waals surface area contributed by atoms with Crippen molar-refractivity contribution in [3.05, 3.63) is 28.2 Å². The maximum absolute atomic E-state index is 8.96. The smallest absolute Gasteiger partial charge is 0.116 e. The van der Waals surface area contributed by atoms with E-state index in [1.54, 1.807) is 12.1 Å². The molecule has 0 amide bonds. The highest BCUT2D eigenvalue weighted by Gasteiger charge is 1.91. The fourth-order valence-electron chi connectivity index (χ4n) is 0.717. The van der Waals surface area contributed by atoms with Gasteiger partial charge in [0.25, 0.3) is 0 Å². The van der Waals surface area contributed by atoms with E-state index in [2.05, 4.69) is 15.9 Å². The molecular weight excluding hydrogens is 204 g/mol. The van der Waals surface area contributed by atoms with Crippen LogP contribution in [0.25, 0.3) is 0 Å². The van der Waals surface area contributed by atoms with E-state index in [9.17, 15) is 0 Å². The largest absolute Gasteiger partial charge is 0.508 e. The van der Waals surface area contributed by atoms with Crippen LogP contribution in [0, 0.1) is 6.92 Å². The molecule has 1 N–H and O–H groups in total. The van der Waals surface area contributed by atoms with E-state index >= 15 is 0 Å². The fourth-order valence-corrected chi connectivity index (χ4v) is 1.31. The van der Waals surface area contributed by atoms with Gasteiger partial charge < -0.3 is 5.11 Å². The van der Waals surface area contributed by atoms with Crippen molar-refractivity contribution in [2.75, 3.05) is 0 Å². The molecule has 0 aromatic heterocycles. The van der Waals surface area contributed by atoms with Gasteiger partial charge in [-0.3, -0.25) is 0 Å². The van der Waals surface area contributed by atoms with Crippen LogP contribution in [0.3, 0.4) is 0 Å². The Kier molecular flexibility index (Phi) is 4.95. The van der Waals surface area contributed by atoms with Crippen molar-refractivity contribution >= 4 is 15.9 Å². The zero-order valence-corrected chi connectivity index (χ0v) is 8.64. The lowest BCUT2D eigenvalue weighted by atomic mass is 10.2. The zero-order chi connectivity index (χ0) is 8.85. The van der Waals surface area contributed by atoms with Crippen LogP contribution < -0.4 is 0 Å². The van der Waals surface area contributed by atoms with Gasteiger partial charge in [0.05, 0.1) is 0 Å². The van der Waals surface area contributed by atoms with Crippen LogP contribution in [-0.2, 0) is 0 Å². The van der Waals surface area contributed by atoms with Crippen molar-refractivity contribution in [3.63, 3.8) is 0 Å². The van der Waals surface area contributed by atoms with Crippen molar-refractivity contribution in [2.24, 2.45) is 0 Å².